The summed E-state index contributed by atoms with van der Waals surface area (Å²) < 4.78 is 1.80. The maximum atomic E-state index is 3.67. The third-order valence-electron chi connectivity index (χ3n) is 6.51. The zero-order valence-electron chi connectivity index (χ0n) is 22.3. The van der Waals surface area contributed by atoms with E-state index in [0.29, 0.717) is 0 Å². The second kappa shape index (κ2) is 14.3. The van der Waals surface area contributed by atoms with Crippen molar-refractivity contribution in [2.45, 2.75) is 97.3 Å². The Kier molecular flexibility index (Phi) is 13.2. The summed E-state index contributed by atoms with van der Waals surface area (Å²) in [5, 5.41) is 0. The maximum absolute atomic E-state index is 3.67. The fourth-order valence-corrected chi connectivity index (χ4v) is 5.22. The molecule has 3 aliphatic rings. The van der Waals surface area contributed by atoms with Gasteiger partial charge in [0.15, 0.2) is 0 Å². The van der Waals surface area contributed by atoms with Crippen molar-refractivity contribution in [3.63, 3.8) is 0 Å². The van der Waals surface area contributed by atoms with Crippen LogP contribution in [0.25, 0.3) is 11.1 Å². The molecule has 0 aromatic heterocycles. The van der Waals surface area contributed by atoms with Gasteiger partial charge in [0.2, 0.25) is 0 Å². The molecule has 0 radical (unpaired) electrons. The Hall–Kier alpha value is -0.747. The van der Waals surface area contributed by atoms with Crippen LogP contribution in [-0.2, 0) is 41.5 Å². The minimum absolute atomic E-state index is 0. The van der Waals surface area contributed by atoms with E-state index >= 15 is 0 Å². The van der Waals surface area contributed by atoms with Gasteiger partial charge >= 0.3 is 59.5 Å². The molecule has 0 aliphatic heterocycles. The molecule has 0 heterocycles. The van der Waals surface area contributed by atoms with E-state index in [4.69, 9.17) is 0 Å². The molecule has 0 amide bonds. The molecular formula is C32H40Cl2Zr-2. The summed E-state index contributed by atoms with van der Waals surface area (Å²) >= 11 is 1.69. The van der Waals surface area contributed by atoms with E-state index in [1.54, 1.807) is 27.4 Å². The van der Waals surface area contributed by atoms with Crippen LogP contribution in [0.3, 0.4) is 0 Å². The molecule has 0 spiro atoms. The molecular weight excluding hydrogens is 546 g/mol. The van der Waals surface area contributed by atoms with Crippen molar-refractivity contribution in [2.75, 3.05) is 0 Å². The molecule has 188 valence electrons. The molecule has 0 nitrogen and oxygen atoms in total. The molecule has 3 aliphatic carbocycles. The summed E-state index contributed by atoms with van der Waals surface area (Å²) in [6.45, 7) is 13.6. The van der Waals surface area contributed by atoms with Crippen LogP contribution in [0, 0.1) is 12.1 Å². The van der Waals surface area contributed by atoms with E-state index in [1.165, 1.54) is 65.5 Å². The van der Waals surface area contributed by atoms with Crippen molar-refractivity contribution in [1.82, 2.24) is 0 Å². The van der Waals surface area contributed by atoms with Gasteiger partial charge in [-0.15, -0.1) is 17.5 Å². The fraction of sp³-hybridized carbons (Fsp3) is 0.469. The Balaban J connectivity index is 0.000000360. The second-order valence-electron chi connectivity index (χ2n) is 11.5. The van der Waals surface area contributed by atoms with Gasteiger partial charge in [-0.25, -0.2) is 12.2 Å². The zero-order valence-corrected chi connectivity index (χ0v) is 26.3. The van der Waals surface area contributed by atoms with Gasteiger partial charge in [-0.3, -0.25) is 6.08 Å². The minimum atomic E-state index is 0. The molecule has 2 aromatic carbocycles. The van der Waals surface area contributed by atoms with Crippen LogP contribution in [0.1, 0.15) is 102 Å². The van der Waals surface area contributed by atoms with Gasteiger partial charge in [-0.1, -0.05) is 65.3 Å². The number of hydrogen-bond donors (Lipinski definition) is 0. The predicted molar refractivity (Wildman–Crippen MR) is 141 cm³/mol. The van der Waals surface area contributed by atoms with Crippen LogP contribution in [0.15, 0.2) is 48.6 Å². The van der Waals surface area contributed by atoms with Gasteiger partial charge in [0.05, 0.1) is 0 Å². The number of halogens is 2. The van der Waals surface area contributed by atoms with E-state index in [2.05, 4.69) is 90.1 Å². The van der Waals surface area contributed by atoms with E-state index in [-0.39, 0.29) is 35.6 Å². The summed E-state index contributed by atoms with van der Waals surface area (Å²) in [4.78, 5) is 0. The van der Waals surface area contributed by atoms with Crippen LogP contribution in [-0.4, -0.2) is 3.21 Å². The first-order chi connectivity index (χ1) is 15.6. The Morgan fingerprint density at radius 1 is 0.800 bits per heavy atom. The molecule has 1 fully saturated rings. The molecule has 35 heavy (non-hydrogen) atoms. The summed E-state index contributed by atoms with van der Waals surface area (Å²) in [5.74, 6) is 0. The molecule has 2 aromatic rings. The van der Waals surface area contributed by atoms with Crippen molar-refractivity contribution >= 4 is 3.21 Å². The fourth-order valence-electron chi connectivity index (χ4n) is 4.35. The van der Waals surface area contributed by atoms with Gasteiger partial charge in [-0.05, 0) is 28.4 Å². The van der Waals surface area contributed by atoms with Crippen LogP contribution < -0.4 is 24.8 Å². The summed E-state index contributed by atoms with van der Waals surface area (Å²) in [6.07, 6.45) is 18.3. The first-order valence-electron chi connectivity index (χ1n) is 12.5. The molecule has 0 unspecified atom stereocenters. The molecule has 0 N–H and O–H groups in total. The Morgan fingerprint density at radius 3 is 1.91 bits per heavy atom. The molecule has 0 bridgehead atoms. The van der Waals surface area contributed by atoms with Crippen LogP contribution in [0.4, 0.5) is 0 Å². The van der Waals surface area contributed by atoms with Gasteiger partial charge in [0, 0.05) is 0 Å². The van der Waals surface area contributed by atoms with Crippen molar-refractivity contribution in [1.29, 1.82) is 0 Å². The summed E-state index contributed by atoms with van der Waals surface area (Å²) in [7, 11) is 0. The van der Waals surface area contributed by atoms with Gasteiger partial charge < -0.3 is 24.8 Å². The van der Waals surface area contributed by atoms with Crippen molar-refractivity contribution in [2.24, 2.45) is 0 Å². The predicted octanol–water partition coefficient (Wildman–Crippen LogP) is 2.64. The number of fused-ring (bicyclic) bond motifs is 3. The van der Waals surface area contributed by atoms with Crippen molar-refractivity contribution < 1.29 is 49.0 Å². The average molecular weight is 587 g/mol. The monoisotopic (exact) mass is 584 g/mol. The number of benzene rings is 2. The quantitative estimate of drug-likeness (QED) is 0.356. The average Bonchev–Trinajstić information content (AvgIpc) is 3.44. The SMILES string of the molecule is CC(C)(C)c1[c-]c2c(cc1)-c1ccc(C(C)(C)C)cc1C2.[C-]1=CC=CC1.[Cl-].[Cl-].[Zr+2]=[C]1CCCCC1. The summed E-state index contributed by atoms with van der Waals surface area (Å²) in [6, 6.07) is 15.2. The van der Waals surface area contributed by atoms with E-state index in [9.17, 15) is 0 Å². The van der Waals surface area contributed by atoms with Crippen LogP contribution in [0.2, 0.25) is 0 Å². The molecule has 1 saturated carbocycles. The number of rotatable bonds is 0. The first-order valence-corrected chi connectivity index (χ1v) is 13.8. The summed E-state index contributed by atoms with van der Waals surface area (Å²) in [5.41, 5.74) is 8.70. The molecule has 0 atom stereocenters. The normalized spacial score (nSPS) is 15.5. The number of allylic oxidation sites excluding steroid dienone is 4. The first kappa shape index (κ1) is 32.3. The van der Waals surface area contributed by atoms with Gasteiger partial charge in [0.1, 0.15) is 0 Å². The van der Waals surface area contributed by atoms with Gasteiger partial charge in [-0.2, -0.15) is 29.8 Å². The second-order valence-corrected chi connectivity index (χ2v) is 13.2. The third-order valence-corrected chi connectivity index (χ3v) is 7.74. The zero-order chi connectivity index (χ0) is 24.1. The van der Waals surface area contributed by atoms with Crippen molar-refractivity contribution in [3.8, 4) is 11.1 Å². The van der Waals surface area contributed by atoms with E-state index < -0.39 is 0 Å². The third kappa shape index (κ3) is 9.57. The van der Waals surface area contributed by atoms with Crippen molar-refractivity contribution in [3.05, 3.63) is 83.0 Å². The Morgan fingerprint density at radius 2 is 1.46 bits per heavy atom. The topological polar surface area (TPSA) is 0 Å². The van der Waals surface area contributed by atoms with E-state index in [0.717, 1.165) is 12.8 Å². The standard InChI is InChI=1S/C21H25.C6H10.C5H5.2ClH.Zr/c1-20(2,3)16-7-9-18-14(12-16)11-15-13-17(21(4,5)6)8-10-19(15)18;1-2-4-6-5-3-1;1-2-4-5-3-1;;;/h7-10,12H,11H2,1-6H3;1-5H2;1-3H,4H2;2*1H;/q-1;;-1;;;+2/p-2. The van der Waals surface area contributed by atoms with Gasteiger partial charge in [0.25, 0.3) is 0 Å². The number of hydrogen-bond acceptors (Lipinski definition) is 0. The molecule has 0 saturated heterocycles. The van der Waals surface area contributed by atoms with Crippen LogP contribution in [0.5, 0.6) is 0 Å². The molecule has 3 heteroatoms. The molecule has 5 rings (SSSR count). The Labute approximate surface area is 242 Å². The van der Waals surface area contributed by atoms with E-state index in [1.807, 2.05) is 12.2 Å². The Bertz CT molecular complexity index is 953. The van der Waals surface area contributed by atoms with Crippen LogP contribution >= 0.6 is 0 Å².